The van der Waals surface area contributed by atoms with Gasteiger partial charge in [-0.15, -0.1) is 0 Å². The van der Waals surface area contributed by atoms with E-state index in [9.17, 15) is 13.2 Å². The average molecular weight is 549 g/mol. The number of carbonyl (C=O) groups is 1. The molecule has 3 aromatic carbocycles. The van der Waals surface area contributed by atoms with E-state index in [4.69, 9.17) is 11.6 Å². The number of halogens is 1. The molecule has 0 saturated heterocycles. The Morgan fingerprint density at radius 1 is 0.947 bits per heavy atom. The fraction of sp³-hybridized carbons (Fsp3) is 0.172. The summed E-state index contributed by atoms with van der Waals surface area (Å²) in [6.07, 6.45) is 1.57. The van der Waals surface area contributed by atoms with E-state index in [1.54, 1.807) is 48.7 Å². The number of hydrazone groups is 1. The Labute approximate surface area is 228 Å². The Bertz CT molecular complexity index is 1600. The van der Waals surface area contributed by atoms with E-state index < -0.39 is 22.5 Å². The van der Waals surface area contributed by atoms with E-state index in [2.05, 4.69) is 47.1 Å². The highest BCUT2D eigenvalue weighted by atomic mass is 35.5. The van der Waals surface area contributed by atoms with Crippen molar-refractivity contribution in [2.75, 3.05) is 10.8 Å². The molecule has 0 aliphatic heterocycles. The summed E-state index contributed by atoms with van der Waals surface area (Å²) in [5, 5.41) is 4.57. The molecule has 1 amide bonds. The van der Waals surface area contributed by atoms with Crippen LogP contribution in [-0.2, 0) is 14.8 Å². The van der Waals surface area contributed by atoms with Crippen molar-refractivity contribution in [3.63, 3.8) is 0 Å². The summed E-state index contributed by atoms with van der Waals surface area (Å²) in [5.74, 6) is -0.585. The zero-order valence-electron chi connectivity index (χ0n) is 21.6. The van der Waals surface area contributed by atoms with Crippen molar-refractivity contribution < 1.29 is 13.2 Å². The molecule has 1 heterocycles. The van der Waals surface area contributed by atoms with Crippen molar-refractivity contribution in [2.45, 2.75) is 32.6 Å². The highest BCUT2D eigenvalue weighted by Crippen LogP contribution is 2.25. The lowest BCUT2D eigenvalue weighted by atomic mass is 10.1. The molecule has 0 spiro atoms. The van der Waals surface area contributed by atoms with E-state index in [0.29, 0.717) is 10.7 Å². The van der Waals surface area contributed by atoms with Gasteiger partial charge in [0.2, 0.25) is 0 Å². The SMILES string of the molecule is Cc1ccc(-n2c(C)cc(/C=N/NC(=O)CN(c3ccc(Cl)cc3)S(=O)(=O)c3ccccc3)c2C)cc1C. The number of carbonyl (C=O) groups excluding carboxylic acids is 1. The molecule has 0 bridgehead atoms. The molecule has 38 heavy (non-hydrogen) atoms. The van der Waals surface area contributed by atoms with Gasteiger partial charge < -0.3 is 4.57 Å². The van der Waals surface area contributed by atoms with Gasteiger partial charge in [0.05, 0.1) is 16.8 Å². The third kappa shape index (κ3) is 5.82. The number of nitrogens with one attached hydrogen (secondary N) is 1. The van der Waals surface area contributed by atoms with Crippen molar-refractivity contribution in [2.24, 2.45) is 5.10 Å². The Morgan fingerprint density at radius 3 is 2.29 bits per heavy atom. The first-order valence-electron chi connectivity index (χ1n) is 12.0. The van der Waals surface area contributed by atoms with Crippen molar-refractivity contribution >= 4 is 39.4 Å². The number of sulfonamides is 1. The van der Waals surface area contributed by atoms with Crippen LogP contribution in [0.25, 0.3) is 5.69 Å². The van der Waals surface area contributed by atoms with Crippen molar-refractivity contribution in [3.8, 4) is 5.69 Å². The lowest BCUT2D eigenvalue weighted by molar-refractivity contribution is -0.119. The van der Waals surface area contributed by atoms with Gasteiger partial charge in [0, 0.05) is 27.7 Å². The highest BCUT2D eigenvalue weighted by Gasteiger charge is 2.27. The van der Waals surface area contributed by atoms with Gasteiger partial charge >= 0.3 is 0 Å². The monoisotopic (exact) mass is 548 g/mol. The zero-order valence-corrected chi connectivity index (χ0v) is 23.2. The quantitative estimate of drug-likeness (QED) is 0.226. The second-order valence-corrected chi connectivity index (χ2v) is 11.3. The van der Waals surface area contributed by atoms with Crippen LogP contribution in [0.3, 0.4) is 0 Å². The second kappa shape index (κ2) is 11.2. The Hall–Kier alpha value is -3.88. The normalized spacial score (nSPS) is 11.6. The number of aromatic nitrogens is 1. The van der Waals surface area contributed by atoms with E-state index in [1.807, 2.05) is 19.9 Å². The van der Waals surface area contributed by atoms with Crippen LogP contribution in [0.15, 0.2) is 88.9 Å². The summed E-state index contributed by atoms with van der Waals surface area (Å²) < 4.78 is 29.9. The summed E-state index contributed by atoms with van der Waals surface area (Å²) in [6.45, 7) is 7.69. The minimum atomic E-state index is -4.01. The number of hydrogen-bond acceptors (Lipinski definition) is 4. The summed E-state index contributed by atoms with van der Waals surface area (Å²) in [6, 6.07) is 22.5. The first kappa shape index (κ1) is 27.2. The maximum Gasteiger partial charge on any atom is 0.264 e. The van der Waals surface area contributed by atoms with Crippen molar-refractivity contribution in [3.05, 3.63) is 112 Å². The predicted molar refractivity (Wildman–Crippen MR) is 153 cm³/mol. The number of aryl methyl sites for hydroxylation is 3. The van der Waals surface area contributed by atoms with Gasteiger partial charge in [0.15, 0.2) is 0 Å². The van der Waals surface area contributed by atoms with Gasteiger partial charge in [-0.1, -0.05) is 35.9 Å². The second-order valence-electron chi connectivity index (χ2n) is 9.02. The van der Waals surface area contributed by atoms with Crippen LogP contribution in [0, 0.1) is 27.7 Å². The van der Waals surface area contributed by atoms with Gasteiger partial charge in [-0.25, -0.2) is 13.8 Å². The lowest BCUT2D eigenvalue weighted by Gasteiger charge is -2.23. The molecule has 0 saturated carbocycles. The van der Waals surface area contributed by atoms with Crippen LogP contribution in [0.5, 0.6) is 0 Å². The first-order chi connectivity index (χ1) is 18.1. The molecule has 4 aromatic rings. The molecule has 1 N–H and O–H groups in total. The molecule has 7 nitrogen and oxygen atoms in total. The first-order valence-corrected chi connectivity index (χ1v) is 13.8. The zero-order chi connectivity index (χ0) is 27.4. The van der Waals surface area contributed by atoms with Crippen molar-refractivity contribution in [1.29, 1.82) is 0 Å². The molecule has 0 aliphatic rings. The Balaban J connectivity index is 1.54. The molecule has 9 heteroatoms. The fourth-order valence-electron chi connectivity index (χ4n) is 4.16. The summed E-state index contributed by atoms with van der Waals surface area (Å²) >= 11 is 5.99. The standard InChI is InChI=1S/C29H29ClN4O3S/c1-20-10-13-27(16-21(20)2)34-22(3)17-24(23(34)4)18-31-32-29(35)19-33(26-14-11-25(30)12-15-26)38(36,37)28-8-6-5-7-9-28/h5-18H,19H2,1-4H3,(H,32,35)/b31-18+. The minimum absolute atomic E-state index is 0.0741. The smallest absolute Gasteiger partial charge is 0.264 e. The van der Waals surface area contributed by atoms with Crippen LogP contribution in [-0.4, -0.2) is 31.7 Å². The largest absolute Gasteiger partial charge is 0.318 e. The molecule has 196 valence electrons. The molecule has 0 unspecified atom stereocenters. The van der Waals surface area contributed by atoms with Gasteiger partial charge in [0.1, 0.15) is 6.54 Å². The van der Waals surface area contributed by atoms with Gasteiger partial charge in [-0.2, -0.15) is 5.10 Å². The summed E-state index contributed by atoms with van der Waals surface area (Å²) in [7, 11) is -4.01. The van der Waals surface area contributed by atoms with Crippen LogP contribution >= 0.6 is 11.6 Å². The van der Waals surface area contributed by atoms with Crippen molar-refractivity contribution in [1.82, 2.24) is 9.99 Å². The van der Waals surface area contributed by atoms with Gasteiger partial charge in [0.25, 0.3) is 15.9 Å². The molecular formula is C29H29ClN4O3S. The van der Waals surface area contributed by atoms with Crippen LogP contribution in [0.4, 0.5) is 5.69 Å². The molecule has 0 aliphatic carbocycles. The maximum absolute atomic E-state index is 13.4. The van der Waals surface area contributed by atoms with E-state index in [-0.39, 0.29) is 4.90 Å². The number of benzene rings is 3. The number of rotatable bonds is 8. The van der Waals surface area contributed by atoms with E-state index in [0.717, 1.165) is 26.9 Å². The van der Waals surface area contributed by atoms with Gasteiger partial charge in [-0.3, -0.25) is 9.10 Å². The Morgan fingerprint density at radius 2 is 1.63 bits per heavy atom. The molecule has 1 aromatic heterocycles. The third-order valence-electron chi connectivity index (χ3n) is 6.34. The van der Waals surface area contributed by atoms with E-state index >= 15 is 0 Å². The molecule has 4 rings (SSSR count). The van der Waals surface area contributed by atoms with Gasteiger partial charge in [-0.05, 0) is 93.4 Å². The fourth-order valence-corrected chi connectivity index (χ4v) is 5.73. The number of nitrogens with zero attached hydrogens (tertiary/aromatic N) is 3. The Kier molecular flexibility index (Phi) is 8.04. The van der Waals surface area contributed by atoms with Crippen LogP contribution in [0.2, 0.25) is 5.02 Å². The topological polar surface area (TPSA) is 83.8 Å². The number of anilines is 1. The van der Waals surface area contributed by atoms with Crippen LogP contribution < -0.4 is 9.73 Å². The number of hydrogen-bond donors (Lipinski definition) is 1. The average Bonchev–Trinajstić information content (AvgIpc) is 3.18. The van der Waals surface area contributed by atoms with Crippen LogP contribution in [0.1, 0.15) is 28.1 Å². The predicted octanol–water partition coefficient (Wildman–Crippen LogP) is 5.71. The highest BCUT2D eigenvalue weighted by molar-refractivity contribution is 7.92. The number of amides is 1. The summed E-state index contributed by atoms with van der Waals surface area (Å²) in [5.41, 5.74) is 9.10. The van der Waals surface area contributed by atoms with E-state index in [1.165, 1.54) is 23.3 Å². The third-order valence-corrected chi connectivity index (χ3v) is 8.38. The molecule has 0 atom stereocenters. The summed E-state index contributed by atoms with van der Waals surface area (Å²) in [4.78, 5) is 12.9. The molecule has 0 radical (unpaired) electrons. The molecular weight excluding hydrogens is 520 g/mol. The maximum atomic E-state index is 13.4. The molecule has 0 fully saturated rings. The lowest BCUT2D eigenvalue weighted by Crippen LogP contribution is -2.39. The minimum Gasteiger partial charge on any atom is -0.318 e.